The lowest BCUT2D eigenvalue weighted by atomic mass is 9.84. The van der Waals surface area contributed by atoms with E-state index < -0.39 is 5.91 Å². The second kappa shape index (κ2) is 6.23. The molecule has 1 saturated heterocycles. The van der Waals surface area contributed by atoms with Crippen molar-refractivity contribution in [3.05, 3.63) is 30.0 Å². The molecule has 0 spiro atoms. The van der Waals surface area contributed by atoms with Gasteiger partial charge in [-0.15, -0.1) is 0 Å². The molecule has 7 heteroatoms. The van der Waals surface area contributed by atoms with E-state index in [-0.39, 0.29) is 30.4 Å². The van der Waals surface area contributed by atoms with Gasteiger partial charge in [0, 0.05) is 11.6 Å². The highest BCUT2D eigenvalue weighted by molar-refractivity contribution is 6.01. The first kappa shape index (κ1) is 16.2. The summed E-state index contributed by atoms with van der Waals surface area (Å²) in [5.74, 6) is 5.84. The van der Waals surface area contributed by atoms with Gasteiger partial charge in [-0.25, -0.2) is 4.98 Å². The Bertz CT molecular complexity index is 976. The van der Waals surface area contributed by atoms with Gasteiger partial charge in [0.05, 0.1) is 24.1 Å². The van der Waals surface area contributed by atoms with Crippen LogP contribution in [-0.2, 0) is 4.79 Å². The summed E-state index contributed by atoms with van der Waals surface area (Å²) in [7, 11) is 0. The van der Waals surface area contributed by atoms with Crippen molar-refractivity contribution in [1.82, 2.24) is 10.3 Å². The number of rotatable bonds is 6. The number of carbonyl (C=O) groups is 2. The first-order chi connectivity index (χ1) is 12.6. The van der Waals surface area contributed by atoms with Crippen LogP contribution in [0.3, 0.4) is 0 Å². The van der Waals surface area contributed by atoms with Crippen LogP contribution in [0.5, 0.6) is 11.6 Å². The average Bonchev–Trinajstić information content (AvgIpc) is 2.79. The van der Waals surface area contributed by atoms with Crippen LogP contribution in [0.1, 0.15) is 17.3 Å². The molecule has 1 aromatic carbocycles. The number of amides is 2. The number of aromatic nitrogens is 1. The van der Waals surface area contributed by atoms with Gasteiger partial charge in [-0.1, -0.05) is 11.8 Å². The van der Waals surface area contributed by atoms with E-state index in [0.717, 1.165) is 5.39 Å². The predicted octanol–water partition coefficient (Wildman–Crippen LogP) is 0.859. The van der Waals surface area contributed by atoms with Gasteiger partial charge in [-0.2, -0.15) is 0 Å². The number of primary amides is 1. The maximum absolute atomic E-state index is 11.7. The standard InChI is InChI=1S/C19H17N3O4/c1-2-25-16-8-13-10(7-14(16)17(20)23)5-6-21-19(13)26-9-15-11-3-4-12(11)18(24)22-15/h5-8,11-12,15H,2,9H2,1H3,(H2,20,23)(H,22,24)/t11-,12+,15+/m0/s1. The molecule has 1 fully saturated rings. The number of nitrogens with zero attached hydrogens (tertiary/aromatic N) is 1. The van der Waals surface area contributed by atoms with Crippen LogP contribution in [0.2, 0.25) is 0 Å². The van der Waals surface area contributed by atoms with Gasteiger partial charge in [0.1, 0.15) is 18.3 Å². The van der Waals surface area contributed by atoms with Gasteiger partial charge in [0.25, 0.3) is 5.91 Å². The zero-order valence-electron chi connectivity index (χ0n) is 14.1. The number of nitrogens with one attached hydrogen (secondary N) is 1. The smallest absolute Gasteiger partial charge is 0.252 e. The molecule has 0 radical (unpaired) electrons. The minimum atomic E-state index is -0.558. The lowest BCUT2D eigenvalue weighted by Gasteiger charge is -2.20. The molecule has 4 rings (SSSR count). The van der Waals surface area contributed by atoms with Gasteiger partial charge >= 0.3 is 0 Å². The first-order valence-electron chi connectivity index (χ1n) is 8.38. The highest BCUT2D eigenvalue weighted by Gasteiger charge is 2.44. The third-order valence-electron chi connectivity index (χ3n) is 4.60. The van der Waals surface area contributed by atoms with Crippen LogP contribution in [-0.4, -0.2) is 36.1 Å². The topological polar surface area (TPSA) is 104 Å². The molecule has 132 valence electrons. The zero-order chi connectivity index (χ0) is 18.3. The fraction of sp³-hybridized carbons (Fsp3) is 0.316. The number of benzene rings is 1. The molecule has 1 aromatic heterocycles. The van der Waals surface area contributed by atoms with Crippen LogP contribution < -0.4 is 20.5 Å². The van der Waals surface area contributed by atoms with Crippen molar-refractivity contribution in [2.24, 2.45) is 17.6 Å². The van der Waals surface area contributed by atoms with Gasteiger partial charge in [0.2, 0.25) is 11.8 Å². The molecule has 1 aliphatic carbocycles. The molecule has 7 nitrogen and oxygen atoms in total. The second-order valence-corrected chi connectivity index (χ2v) is 6.20. The summed E-state index contributed by atoms with van der Waals surface area (Å²) in [6, 6.07) is 5.00. The van der Waals surface area contributed by atoms with E-state index in [9.17, 15) is 9.59 Å². The van der Waals surface area contributed by atoms with E-state index in [2.05, 4.69) is 22.1 Å². The van der Waals surface area contributed by atoms with E-state index in [1.807, 2.05) is 6.92 Å². The predicted molar refractivity (Wildman–Crippen MR) is 93.6 cm³/mol. The molecule has 2 aromatic rings. The fourth-order valence-electron chi connectivity index (χ4n) is 3.26. The minimum absolute atomic E-state index is 0.00192. The number of hydrogen-bond donors (Lipinski definition) is 2. The minimum Gasteiger partial charge on any atom is -0.493 e. The molecule has 2 heterocycles. The van der Waals surface area contributed by atoms with Crippen molar-refractivity contribution in [2.45, 2.75) is 13.0 Å². The number of fused-ring (bicyclic) bond motifs is 2. The summed E-state index contributed by atoms with van der Waals surface area (Å²) in [4.78, 5) is 27.7. The van der Waals surface area contributed by atoms with Crippen LogP contribution in [0, 0.1) is 23.7 Å². The van der Waals surface area contributed by atoms with Gasteiger partial charge in [-0.05, 0) is 30.5 Å². The molecule has 2 aliphatic rings. The second-order valence-electron chi connectivity index (χ2n) is 6.20. The van der Waals surface area contributed by atoms with Crippen molar-refractivity contribution in [1.29, 1.82) is 0 Å². The zero-order valence-corrected chi connectivity index (χ0v) is 14.1. The molecule has 1 aliphatic heterocycles. The Morgan fingerprint density at radius 1 is 1.35 bits per heavy atom. The van der Waals surface area contributed by atoms with Gasteiger partial charge in [-0.3, -0.25) is 9.59 Å². The molecule has 2 amide bonds. The Morgan fingerprint density at radius 3 is 2.85 bits per heavy atom. The molecule has 0 bridgehead atoms. The van der Waals surface area contributed by atoms with Crippen molar-refractivity contribution >= 4 is 22.6 Å². The summed E-state index contributed by atoms with van der Waals surface area (Å²) in [6.07, 6.45) is 1.60. The molecular weight excluding hydrogens is 334 g/mol. The van der Waals surface area contributed by atoms with Gasteiger partial charge in [0.15, 0.2) is 0 Å². The summed E-state index contributed by atoms with van der Waals surface area (Å²) < 4.78 is 11.4. The molecule has 3 N–H and O–H groups in total. The van der Waals surface area contributed by atoms with E-state index >= 15 is 0 Å². The largest absolute Gasteiger partial charge is 0.493 e. The Hall–Kier alpha value is -3.27. The summed E-state index contributed by atoms with van der Waals surface area (Å²) in [5, 5.41) is 4.36. The van der Waals surface area contributed by atoms with Crippen LogP contribution >= 0.6 is 0 Å². The van der Waals surface area contributed by atoms with E-state index in [4.69, 9.17) is 15.2 Å². The highest BCUT2D eigenvalue weighted by atomic mass is 16.5. The molecular formula is C19H17N3O4. The number of pyridine rings is 1. The van der Waals surface area contributed by atoms with E-state index in [1.165, 1.54) is 0 Å². The Balaban J connectivity index is 1.63. The molecule has 0 unspecified atom stereocenters. The number of hydrogen-bond acceptors (Lipinski definition) is 5. The van der Waals surface area contributed by atoms with Crippen LogP contribution in [0.4, 0.5) is 0 Å². The Kier molecular flexibility index (Phi) is 3.88. The van der Waals surface area contributed by atoms with Crippen molar-refractivity contribution < 1.29 is 19.1 Å². The average molecular weight is 351 g/mol. The highest BCUT2D eigenvalue weighted by Crippen LogP contribution is 2.32. The maximum atomic E-state index is 11.7. The Morgan fingerprint density at radius 2 is 2.19 bits per heavy atom. The molecule has 0 saturated carbocycles. The van der Waals surface area contributed by atoms with Crippen molar-refractivity contribution in [2.75, 3.05) is 13.2 Å². The number of ether oxygens (including phenoxy) is 2. The fourth-order valence-corrected chi connectivity index (χ4v) is 3.26. The maximum Gasteiger partial charge on any atom is 0.252 e. The summed E-state index contributed by atoms with van der Waals surface area (Å²) >= 11 is 0. The quantitative estimate of drug-likeness (QED) is 0.751. The summed E-state index contributed by atoms with van der Waals surface area (Å²) in [6.45, 7) is 2.50. The van der Waals surface area contributed by atoms with Crippen molar-refractivity contribution in [3.63, 3.8) is 0 Å². The molecule has 26 heavy (non-hydrogen) atoms. The lowest BCUT2D eigenvalue weighted by molar-refractivity contribution is -0.121. The Labute approximate surface area is 149 Å². The van der Waals surface area contributed by atoms with Crippen molar-refractivity contribution in [3.8, 4) is 23.5 Å². The third kappa shape index (κ3) is 2.60. The third-order valence-corrected chi connectivity index (χ3v) is 4.60. The first-order valence-corrected chi connectivity index (χ1v) is 8.38. The van der Waals surface area contributed by atoms with Crippen LogP contribution in [0.25, 0.3) is 10.8 Å². The van der Waals surface area contributed by atoms with Crippen LogP contribution in [0.15, 0.2) is 24.4 Å². The number of carbonyl (C=O) groups excluding carboxylic acids is 2. The monoisotopic (exact) mass is 351 g/mol. The van der Waals surface area contributed by atoms with E-state index in [1.54, 1.807) is 24.4 Å². The SMILES string of the molecule is CCOc1cc2c(OC[C@H]3NC(=O)[C@@H]4C#C[C@H]34)nccc2cc1C(N)=O. The summed E-state index contributed by atoms with van der Waals surface area (Å²) in [5.41, 5.74) is 5.76. The number of nitrogens with two attached hydrogens (primary N) is 1. The lowest BCUT2D eigenvalue weighted by Crippen LogP contribution is -2.35. The van der Waals surface area contributed by atoms with E-state index in [0.29, 0.717) is 29.2 Å². The molecule has 3 atom stereocenters. The normalized spacial score (nSPS) is 22.7. The van der Waals surface area contributed by atoms with Gasteiger partial charge < -0.3 is 20.5 Å².